The van der Waals surface area contributed by atoms with E-state index in [4.69, 9.17) is 4.74 Å². The lowest BCUT2D eigenvalue weighted by Gasteiger charge is -2.18. The van der Waals surface area contributed by atoms with Crippen LogP contribution in [0.1, 0.15) is 25.1 Å². The summed E-state index contributed by atoms with van der Waals surface area (Å²) < 4.78 is 4.81. The second-order valence-electron chi connectivity index (χ2n) is 4.24. The molecule has 0 radical (unpaired) electrons. The fourth-order valence-electron chi connectivity index (χ4n) is 1.67. The van der Waals surface area contributed by atoms with Crippen molar-refractivity contribution in [1.29, 1.82) is 0 Å². The quantitative estimate of drug-likeness (QED) is 0.317. The molecule has 0 atom stereocenters. The highest BCUT2D eigenvalue weighted by Crippen LogP contribution is 2.24. The smallest absolute Gasteiger partial charge is 0.324 e. The van der Waals surface area contributed by atoms with Crippen LogP contribution < -0.4 is 0 Å². The lowest BCUT2D eigenvalue weighted by Crippen LogP contribution is -2.31. The number of nitro groups is 1. The number of carbonyl (C=O) groups is 2. The number of likely N-dealkylation sites (N-methyl/N-ethyl adjacent to an activating group) is 1. The van der Waals surface area contributed by atoms with Gasteiger partial charge in [-0.25, -0.2) is 0 Å². The molecule has 0 aliphatic carbocycles. The van der Waals surface area contributed by atoms with Crippen molar-refractivity contribution in [2.24, 2.45) is 0 Å². The summed E-state index contributed by atoms with van der Waals surface area (Å²) in [7, 11) is 0. The molecule has 7 nitrogen and oxygen atoms in total. The minimum absolute atomic E-state index is 0.0294. The van der Waals surface area contributed by atoms with E-state index in [-0.39, 0.29) is 29.8 Å². The van der Waals surface area contributed by atoms with Crippen molar-refractivity contribution in [3.63, 3.8) is 0 Å². The predicted octanol–water partition coefficient (Wildman–Crippen LogP) is 2.47. The van der Waals surface area contributed by atoms with Crippen LogP contribution in [-0.2, 0) is 14.3 Å². The van der Waals surface area contributed by atoms with Gasteiger partial charge in [0.05, 0.1) is 18.0 Å². The number of nitrogens with zero attached hydrogens (tertiary/aromatic N) is 2. The Bertz CT molecular complexity index is 567. The third-order valence-corrected chi connectivity index (χ3v) is 3.77. The number of esters is 1. The molecule has 120 valence electrons. The van der Waals surface area contributed by atoms with Gasteiger partial charge in [-0.15, -0.1) is 0 Å². The summed E-state index contributed by atoms with van der Waals surface area (Å²) >= 11 is 0.996. The molecule has 0 N–H and O–H groups in total. The highest BCUT2D eigenvalue weighted by Gasteiger charge is 2.12. The molecule has 0 fully saturated rings. The Kier molecular flexibility index (Phi) is 7.24. The van der Waals surface area contributed by atoms with Gasteiger partial charge in [0.25, 0.3) is 0 Å². The van der Waals surface area contributed by atoms with Gasteiger partial charge in [0.15, 0.2) is 0 Å². The zero-order valence-electron chi connectivity index (χ0n) is 12.5. The van der Waals surface area contributed by atoms with E-state index < -0.39 is 4.92 Å². The Labute approximate surface area is 132 Å². The van der Waals surface area contributed by atoms with Gasteiger partial charge in [0.1, 0.15) is 0 Å². The molecular formula is C14H18N2O5S. The van der Waals surface area contributed by atoms with E-state index in [2.05, 4.69) is 0 Å². The lowest BCUT2D eigenvalue weighted by atomic mass is 10.3. The van der Waals surface area contributed by atoms with Crippen molar-refractivity contribution in [3.05, 3.63) is 33.2 Å². The largest absolute Gasteiger partial charge is 0.466 e. The summed E-state index contributed by atoms with van der Waals surface area (Å²) in [5.74, 6) is -0.588. The van der Waals surface area contributed by atoms with Crippen molar-refractivity contribution in [2.45, 2.75) is 20.3 Å². The molecule has 0 spiro atoms. The number of rotatable bonds is 8. The highest BCUT2D eigenvalue weighted by atomic mass is 32.1. The van der Waals surface area contributed by atoms with Gasteiger partial charge >= 0.3 is 11.0 Å². The maximum Gasteiger partial charge on any atom is 0.324 e. The molecule has 0 aromatic carbocycles. The lowest BCUT2D eigenvalue weighted by molar-refractivity contribution is -0.380. The summed E-state index contributed by atoms with van der Waals surface area (Å²) in [6, 6.07) is 2.98. The number of hydrogen-bond acceptors (Lipinski definition) is 6. The Morgan fingerprint density at radius 1 is 1.41 bits per heavy atom. The molecule has 0 unspecified atom stereocenters. The van der Waals surface area contributed by atoms with E-state index in [1.54, 1.807) is 13.0 Å². The van der Waals surface area contributed by atoms with Crippen LogP contribution in [0.25, 0.3) is 6.08 Å². The summed E-state index contributed by atoms with van der Waals surface area (Å²) in [6.45, 7) is 4.60. The molecule has 0 aliphatic heterocycles. The zero-order chi connectivity index (χ0) is 16.5. The normalized spacial score (nSPS) is 10.6. The van der Waals surface area contributed by atoms with Crippen molar-refractivity contribution in [1.82, 2.24) is 4.90 Å². The first-order valence-electron chi connectivity index (χ1n) is 6.84. The Morgan fingerprint density at radius 3 is 2.68 bits per heavy atom. The molecule has 8 heteroatoms. The first kappa shape index (κ1) is 17.8. The third-order valence-electron chi connectivity index (χ3n) is 2.77. The van der Waals surface area contributed by atoms with Crippen molar-refractivity contribution >= 4 is 34.3 Å². The summed E-state index contributed by atoms with van der Waals surface area (Å²) in [4.78, 5) is 35.6. The Morgan fingerprint density at radius 2 is 2.14 bits per heavy atom. The number of hydrogen-bond donors (Lipinski definition) is 0. The van der Waals surface area contributed by atoms with Gasteiger partial charge in [0, 0.05) is 30.1 Å². The summed E-state index contributed by atoms with van der Waals surface area (Å²) in [6.07, 6.45) is 3.03. The van der Waals surface area contributed by atoms with E-state index in [9.17, 15) is 19.7 Å². The number of thiophene rings is 1. The van der Waals surface area contributed by atoms with Gasteiger partial charge in [-0.2, -0.15) is 0 Å². The monoisotopic (exact) mass is 326 g/mol. The van der Waals surface area contributed by atoms with Crippen LogP contribution in [-0.4, -0.2) is 41.4 Å². The standard InChI is InChI=1S/C14H18N2O5S/c1-3-15(10-9-14(18)21-4-2)12(17)7-5-11-6-8-13(22-11)16(19)20/h5-8H,3-4,9-10H2,1-2H3/b7-5+. The molecular weight excluding hydrogens is 308 g/mol. The van der Waals surface area contributed by atoms with Crippen molar-refractivity contribution < 1.29 is 19.2 Å². The fourth-order valence-corrected chi connectivity index (χ4v) is 2.40. The average Bonchev–Trinajstić information content (AvgIpc) is 2.95. The molecule has 22 heavy (non-hydrogen) atoms. The first-order chi connectivity index (χ1) is 10.5. The Hall–Kier alpha value is -2.22. The molecule has 1 amide bonds. The topological polar surface area (TPSA) is 89.8 Å². The van der Waals surface area contributed by atoms with Crippen LogP contribution in [0.3, 0.4) is 0 Å². The minimum Gasteiger partial charge on any atom is -0.466 e. The van der Waals surface area contributed by atoms with Crippen LogP contribution >= 0.6 is 11.3 Å². The SMILES string of the molecule is CCOC(=O)CCN(CC)C(=O)/C=C/c1ccc([N+](=O)[O-])s1. The van der Waals surface area contributed by atoms with E-state index in [0.29, 0.717) is 18.0 Å². The van der Waals surface area contributed by atoms with Gasteiger partial charge in [-0.05, 0) is 26.0 Å². The van der Waals surface area contributed by atoms with E-state index in [1.807, 2.05) is 6.92 Å². The summed E-state index contributed by atoms with van der Waals surface area (Å²) in [5, 5.41) is 10.6. The highest BCUT2D eigenvalue weighted by molar-refractivity contribution is 7.16. The maximum absolute atomic E-state index is 12.0. The van der Waals surface area contributed by atoms with E-state index >= 15 is 0 Å². The average molecular weight is 326 g/mol. The molecule has 1 rings (SSSR count). The second-order valence-corrected chi connectivity index (χ2v) is 5.33. The predicted molar refractivity (Wildman–Crippen MR) is 83.5 cm³/mol. The van der Waals surface area contributed by atoms with E-state index in [0.717, 1.165) is 11.3 Å². The zero-order valence-corrected chi connectivity index (χ0v) is 13.3. The van der Waals surface area contributed by atoms with Crippen LogP contribution in [0.5, 0.6) is 0 Å². The summed E-state index contributed by atoms with van der Waals surface area (Å²) in [5.41, 5.74) is 0. The molecule has 1 heterocycles. The molecule has 0 saturated carbocycles. The molecule has 1 aromatic heterocycles. The number of amides is 1. The van der Waals surface area contributed by atoms with Crippen LogP contribution in [0.15, 0.2) is 18.2 Å². The Balaban J connectivity index is 2.57. The molecule has 0 aliphatic rings. The van der Waals surface area contributed by atoms with Crippen LogP contribution in [0, 0.1) is 10.1 Å². The van der Waals surface area contributed by atoms with Crippen molar-refractivity contribution in [3.8, 4) is 0 Å². The molecule has 0 bridgehead atoms. The van der Waals surface area contributed by atoms with Crippen molar-refractivity contribution in [2.75, 3.05) is 19.7 Å². The van der Waals surface area contributed by atoms with Gasteiger partial charge in [0.2, 0.25) is 5.91 Å². The van der Waals surface area contributed by atoms with Crippen LogP contribution in [0.2, 0.25) is 0 Å². The molecule has 0 saturated heterocycles. The van der Waals surface area contributed by atoms with Gasteiger partial charge < -0.3 is 9.64 Å². The third kappa shape index (κ3) is 5.65. The molecule has 1 aromatic rings. The second kappa shape index (κ2) is 8.93. The van der Waals surface area contributed by atoms with Gasteiger partial charge in [-0.3, -0.25) is 19.7 Å². The number of carbonyl (C=O) groups excluding carboxylic acids is 2. The van der Waals surface area contributed by atoms with E-state index in [1.165, 1.54) is 23.1 Å². The number of ether oxygens (including phenoxy) is 1. The fraction of sp³-hybridized carbons (Fsp3) is 0.429. The van der Waals surface area contributed by atoms with Gasteiger partial charge in [-0.1, -0.05) is 11.3 Å². The minimum atomic E-state index is -0.471. The first-order valence-corrected chi connectivity index (χ1v) is 7.66. The van der Waals surface area contributed by atoms with Crippen LogP contribution in [0.4, 0.5) is 5.00 Å². The maximum atomic E-state index is 12.0.